The molecule has 0 aliphatic carbocycles. The Balaban J connectivity index is -0.0000000910. The van der Waals surface area contributed by atoms with Crippen molar-refractivity contribution in [2.45, 2.75) is 7.43 Å². The van der Waals surface area contributed by atoms with Gasteiger partial charge in [-0.3, -0.25) is 0 Å². The first-order valence-corrected chi connectivity index (χ1v) is 5.02. The maximum atomic E-state index is 9.59. The number of hydrogen-bond donors (Lipinski definition) is 0. The van der Waals surface area contributed by atoms with Gasteiger partial charge in [0, 0.05) is 0 Å². The van der Waals surface area contributed by atoms with Crippen LogP contribution >= 0.6 is 7.80 Å². The van der Waals surface area contributed by atoms with Crippen molar-refractivity contribution in [3.05, 3.63) is 0 Å². The highest BCUT2D eigenvalue weighted by molar-refractivity contribution is 7.42. The first-order valence-electron chi connectivity index (χ1n) is 2.87. The minimum Gasteiger partial charge on any atom is -0.333 e. The number of rotatable bonds is 0. The second-order valence-electron chi connectivity index (χ2n) is 3.50. The van der Waals surface area contributed by atoms with Crippen LogP contribution in [-0.4, -0.2) is 46.0 Å². The van der Waals surface area contributed by atoms with Gasteiger partial charge in [-0.15, -0.1) is 0 Å². The molecule has 0 aliphatic heterocycles. The molecule has 0 rings (SSSR count). The standard InChI is InChI=1S/C4H12N.C2H6OP.CH4/c1-5(2,3)4;1-4(2)3;/h1-4H3;1-2H3;1H4/q2*+1;. The highest BCUT2D eigenvalue weighted by atomic mass is 31.1. The van der Waals surface area contributed by atoms with Crippen molar-refractivity contribution in [1.29, 1.82) is 0 Å². The van der Waals surface area contributed by atoms with Crippen molar-refractivity contribution < 1.29 is 9.05 Å². The molecule has 10 heavy (non-hydrogen) atoms. The Morgan fingerprint density at radius 3 is 1.00 bits per heavy atom. The lowest BCUT2D eigenvalue weighted by molar-refractivity contribution is -0.849. The van der Waals surface area contributed by atoms with E-state index in [1.807, 2.05) is 0 Å². The summed E-state index contributed by atoms with van der Waals surface area (Å²) in [5, 5.41) is 0. The second kappa shape index (κ2) is 7.17. The summed E-state index contributed by atoms with van der Waals surface area (Å²) in [6.45, 7) is 3.35. The Kier molecular flexibility index (Phi) is 11.9. The summed E-state index contributed by atoms with van der Waals surface area (Å²) in [4.78, 5) is 0. The predicted octanol–water partition coefficient (Wildman–Crippen LogP) is 2.03. The summed E-state index contributed by atoms with van der Waals surface area (Å²) in [7, 11) is 7.63. The Labute approximate surface area is 66.6 Å². The average Bonchev–Trinajstić information content (AvgIpc) is 1.19. The van der Waals surface area contributed by atoms with E-state index in [4.69, 9.17) is 0 Å². The molecule has 0 aromatic carbocycles. The van der Waals surface area contributed by atoms with Gasteiger partial charge in [-0.25, -0.2) is 0 Å². The van der Waals surface area contributed by atoms with Gasteiger partial charge < -0.3 is 4.48 Å². The number of nitrogens with zero attached hydrogens (tertiary/aromatic N) is 1. The van der Waals surface area contributed by atoms with Crippen LogP contribution in [0, 0.1) is 0 Å². The summed E-state index contributed by atoms with van der Waals surface area (Å²) >= 11 is 0. The minimum absolute atomic E-state index is 0. The molecule has 0 amide bonds. The Bertz CT molecular complexity index is 76.1. The molecule has 0 N–H and O–H groups in total. The summed E-state index contributed by atoms with van der Waals surface area (Å²) in [6, 6.07) is 0. The summed E-state index contributed by atoms with van der Waals surface area (Å²) in [6.07, 6.45) is 0. The lowest BCUT2D eigenvalue weighted by atomic mass is 10.8. The fourth-order valence-electron chi connectivity index (χ4n) is 0. The van der Waals surface area contributed by atoms with Gasteiger partial charge in [0.15, 0.2) is 0 Å². The zero-order chi connectivity index (χ0) is 8.08. The van der Waals surface area contributed by atoms with E-state index in [9.17, 15) is 4.57 Å². The molecule has 0 unspecified atom stereocenters. The van der Waals surface area contributed by atoms with Crippen LogP contribution in [0.4, 0.5) is 0 Å². The van der Waals surface area contributed by atoms with E-state index in [1.54, 1.807) is 13.3 Å². The van der Waals surface area contributed by atoms with Crippen LogP contribution in [-0.2, 0) is 4.57 Å². The molecule has 3 heteroatoms. The van der Waals surface area contributed by atoms with Crippen molar-refractivity contribution in [2.75, 3.05) is 41.5 Å². The number of hydrogen-bond acceptors (Lipinski definition) is 1. The van der Waals surface area contributed by atoms with E-state index in [1.165, 1.54) is 0 Å². The van der Waals surface area contributed by atoms with Gasteiger partial charge in [0.25, 0.3) is 0 Å². The summed E-state index contributed by atoms with van der Waals surface area (Å²) in [5.74, 6) is 0. The van der Waals surface area contributed by atoms with Crippen LogP contribution in [0.2, 0.25) is 0 Å². The molecule has 0 saturated carbocycles. The topological polar surface area (TPSA) is 17.1 Å². The molecule has 0 aromatic rings. The maximum absolute atomic E-state index is 9.59. The lowest BCUT2D eigenvalue weighted by Crippen LogP contribution is -2.27. The van der Waals surface area contributed by atoms with Crippen LogP contribution in [0.25, 0.3) is 0 Å². The van der Waals surface area contributed by atoms with E-state index < -0.39 is 7.80 Å². The smallest absolute Gasteiger partial charge is 0.332 e. The van der Waals surface area contributed by atoms with Crippen molar-refractivity contribution in [1.82, 2.24) is 0 Å². The zero-order valence-electron chi connectivity index (χ0n) is 7.30. The van der Waals surface area contributed by atoms with Crippen LogP contribution in [0.15, 0.2) is 0 Å². The van der Waals surface area contributed by atoms with Gasteiger partial charge >= 0.3 is 7.80 Å². The van der Waals surface area contributed by atoms with Crippen molar-refractivity contribution in [3.63, 3.8) is 0 Å². The van der Waals surface area contributed by atoms with Gasteiger partial charge in [-0.2, -0.15) is 0 Å². The highest BCUT2D eigenvalue weighted by Crippen LogP contribution is 2.00. The van der Waals surface area contributed by atoms with Crippen LogP contribution < -0.4 is 0 Å². The number of quaternary nitrogens is 1. The highest BCUT2D eigenvalue weighted by Gasteiger charge is 1.88. The molecule has 64 valence electrons. The summed E-state index contributed by atoms with van der Waals surface area (Å²) in [5.41, 5.74) is 0. The SMILES string of the molecule is C.C[N+](C)(C)C.C[P+](C)=O. The van der Waals surface area contributed by atoms with Crippen molar-refractivity contribution in [3.8, 4) is 0 Å². The van der Waals surface area contributed by atoms with Gasteiger partial charge in [-0.05, 0) is 0 Å². The monoisotopic (exact) mass is 167 g/mol. The van der Waals surface area contributed by atoms with Crippen molar-refractivity contribution in [2.24, 2.45) is 0 Å². The quantitative estimate of drug-likeness (QED) is 0.398. The zero-order valence-corrected chi connectivity index (χ0v) is 8.20. The molecule has 0 fully saturated rings. The van der Waals surface area contributed by atoms with Gasteiger partial charge in [0.05, 0.1) is 28.2 Å². The van der Waals surface area contributed by atoms with E-state index in [0.29, 0.717) is 0 Å². The summed E-state index contributed by atoms with van der Waals surface area (Å²) < 4.78 is 10.6. The van der Waals surface area contributed by atoms with E-state index in [-0.39, 0.29) is 7.43 Å². The van der Waals surface area contributed by atoms with Gasteiger partial charge in [0.2, 0.25) is 0 Å². The Hall–Kier alpha value is 0.0600. The third-order valence-electron chi connectivity index (χ3n) is 0. The molecule has 0 aromatic heterocycles. The van der Waals surface area contributed by atoms with E-state index >= 15 is 0 Å². The second-order valence-corrected chi connectivity index (χ2v) is 5.12. The molecule has 0 aliphatic rings. The molecule has 0 spiro atoms. The van der Waals surface area contributed by atoms with Gasteiger partial charge in [-0.1, -0.05) is 12.0 Å². The lowest BCUT2D eigenvalue weighted by Gasteiger charge is -2.14. The molecule has 2 nitrogen and oxygen atoms in total. The first-order chi connectivity index (χ1) is 3.73. The molecular formula is C7H22NOP+2. The Morgan fingerprint density at radius 2 is 1.00 bits per heavy atom. The molecule has 0 atom stereocenters. The molecular weight excluding hydrogens is 145 g/mol. The van der Waals surface area contributed by atoms with Crippen LogP contribution in [0.3, 0.4) is 0 Å². The molecule has 0 saturated heterocycles. The average molecular weight is 167 g/mol. The van der Waals surface area contributed by atoms with E-state index in [0.717, 1.165) is 4.48 Å². The fraction of sp³-hybridized carbons (Fsp3) is 1.00. The van der Waals surface area contributed by atoms with Crippen molar-refractivity contribution >= 4 is 7.80 Å². The van der Waals surface area contributed by atoms with E-state index in [2.05, 4.69) is 28.2 Å². The molecule has 0 radical (unpaired) electrons. The third kappa shape index (κ3) is 112000. The van der Waals surface area contributed by atoms with Crippen LogP contribution in [0.5, 0.6) is 0 Å². The first kappa shape index (κ1) is 16.6. The molecule has 0 heterocycles. The minimum atomic E-state index is -0.870. The Morgan fingerprint density at radius 1 is 1.00 bits per heavy atom. The fourth-order valence-corrected chi connectivity index (χ4v) is 0. The predicted molar refractivity (Wildman–Crippen MR) is 50.1 cm³/mol. The van der Waals surface area contributed by atoms with Crippen LogP contribution in [0.1, 0.15) is 7.43 Å². The largest absolute Gasteiger partial charge is 0.333 e. The maximum Gasteiger partial charge on any atom is 0.332 e. The molecule has 0 bridgehead atoms. The third-order valence-corrected chi connectivity index (χ3v) is 0. The van der Waals surface area contributed by atoms with Gasteiger partial charge in [0.1, 0.15) is 13.3 Å². The normalized spacial score (nSPS) is 8.60.